The summed E-state index contributed by atoms with van der Waals surface area (Å²) in [6, 6.07) is 20.6. The number of nitrogens with one attached hydrogen (secondary N) is 3. The molecule has 0 atom stereocenters. The van der Waals surface area contributed by atoms with Crippen molar-refractivity contribution in [3.63, 3.8) is 0 Å². The van der Waals surface area contributed by atoms with Crippen LogP contribution in [0.15, 0.2) is 66.9 Å². The van der Waals surface area contributed by atoms with Crippen LogP contribution in [0, 0.1) is 0 Å². The Labute approximate surface area is 151 Å². The van der Waals surface area contributed by atoms with Crippen LogP contribution >= 0.6 is 0 Å². The van der Waals surface area contributed by atoms with Gasteiger partial charge >= 0.3 is 0 Å². The summed E-state index contributed by atoms with van der Waals surface area (Å²) in [7, 11) is 1.69. The third kappa shape index (κ3) is 3.49. The molecule has 4 rings (SSSR count). The molecule has 4 aromatic rings. The Bertz CT molecular complexity index is 1090. The lowest BCUT2D eigenvalue weighted by molar-refractivity contribution is 0.414. The van der Waals surface area contributed by atoms with E-state index in [1.54, 1.807) is 7.11 Å². The highest BCUT2D eigenvalue weighted by Crippen LogP contribution is 2.26. The van der Waals surface area contributed by atoms with Crippen LogP contribution in [0.4, 0.5) is 0 Å². The van der Waals surface area contributed by atoms with E-state index in [0.29, 0.717) is 0 Å². The van der Waals surface area contributed by atoms with Gasteiger partial charge in [-0.2, -0.15) is 0 Å². The fourth-order valence-corrected chi connectivity index (χ4v) is 3.00. The van der Waals surface area contributed by atoms with Crippen molar-refractivity contribution < 1.29 is 4.74 Å². The van der Waals surface area contributed by atoms with Gasteiger partial charge in [0.25, 0.3) is 0 Å². The minimum Gasteiger partial charge on any atom is -0.494 e. The summed E-state index contributed by atoms with van der Waals surface area (Å²) in [6.07, 6.45) is 7.07. The first-order valence-electron chi connectivity index (χ1n) is 8.63. The molecule has 0 saturated carbocycles. The SMILES string of the molecule is COc1cc(-c2ccc[nH]2)[nH]c1C=c1ccc(=CCc2ccccc2)[nH]1. The first-order valence-corrected chi connectivity index (χ1v) is 8.63. The van der Waals surface area contributed by atoms with Gasteiger partial charge in [-0.25, -0.2) is 0 Å². The third-order valence-corrected chi connectivity index (χ3v) is 4.35. The van der Waals surface area contributed by atoms with Gasteiger partial charge in [-0.05, 0) is 42.3 Å². The van der Waals surface area contributed by atoms with Crippen molar-refractivity contribution in [1.82, 2.24) is 15.0 Å². The van der Waals surface area contributed by atoms with Crippen LogP contribution < -0.4 is 15.4 Å². The number of rotatable bonds is 5. The zero-order valence-electron chi connectivity index (χ0n) is 14.6. The van der Waals surface area contributed by atoms with Crippen molar-refractivity contribution >= 4 is 12.2 Å². The molecular formula is C22H21N3O. The van der Waals surface area contributed by atoms with E-state index in [-0.39, 0.29) is 0 Å². The van der Waals surface area contributed by atoms with E-state index in [1.165, 1.54) is 5.56 Å². The molecule has 0 aliphatic heterocycles. The number of aromatic nitrogens is 3. The maximum absolute atomic E-state index is 5.51. The van der Waals surface area contributed by atoms with Crippen LogP contribution in [-0.2, 0) is 6.42 Å². The maximum atomic E-state index is 5.51. The van der Waals surface area contributed by atoms with E-state index in [4.69, 9.17) is 4.74 Å². The first-order chi connectivity index (χ1) is 12.8. The van der Waals surface area contributed by atoms with Crippen molar-refractivity contribution in [3.8, 4) is 17.1 Å². The fourth-order valence-electron chi connectivity index (χ4n) is 3.00. The van der Waals surface area contributed by atoms with Crippen molar-refractivity contribution in [2.24, 2.45) is 0 Å². The molecule has 0 unspecified atom stereocenters. The summed E-state index contributed by atoms with van der Waals surface area (Å²) in [5.74, 6) is 0.819. The molecular weight excluding hydrogens is 322 g/mol. The van der Waals surface area contributed by atoms with Gasteiger partial charge in [0.15, 0.2) is 0 Å². The smallest absolute Gasteiger partial charge is 0.144 e. The zero-order valence-corrected chi connectivity index (χ0v) is 14.6. The Morgan fingerprint density at radius 1 is 0.885 bits per heavy atom. The molecule has 0 aliphatic rings. The molecule has 0 spiro atoms. The van der Waals surface area contributed by atoms with Crippen LogP contribution in [0.1, 0.15) is 11.3 Å². The summed E-state index contributed by atoms with van der Waals surface area (Å²) in [6.45, 7) is 0. The average molecular weight is 343 g/mol. The van der Waals surface area contributed by atoms with Crippen molar-refractivity contribution in [1.29, 1.82) is 0 Å². The molecule has 3 heterocycles. The summed E-state index contributed by atoms with van der Waals surface area (Å²) < 4.78 is 5.51. The number of benzene rings is 1. The van der Waals surface area contributed by atoms with Crippen LogP contribution in [-0.4, -0.2) is 22.1 Å². The Balaban J connectivity index is 1.62. The molecule has 4 heteroatoms. The number of ether oxygens (including phenoxy) is 1. The minimum absolute atomic E-state index is 0.819. The summed E-state index contributed by atoms with van der Waals surface area (Å²) in [4.78, 5) is 10.0. The molecule has 0 bridgehead atoms. The Hall–Kier alpha value is -3.40. The summed E-state index contributed by atoms with van der Waals surface area (Å²) in [5, 5.41) is 2.14. The Morgan fingerprint density at radius 2 is 1.73 bits per heavy atom. The van der Waals surface area contributed by atoms with Crippen LogP contribution in [0.3, 0.4) is 0 Å². The fraction of sp³-hybridized carbons (Fsp3) is 0.0909. The molecule has 3 N–H and O–H groups in total. The van der Waals surface area contributed by atoms with Gasteiger partial charge < -0.3 is 19.7 Å². The highest BCUT2D eigenvalue weighted by atomic mass is 16.5. The second-order valence-corrected chi connectivity index (χ2v) is 6.16. The molecule has 0 saturated heterocycles. The van der Waals surface area contributed by atoms with Crippen LogP contribution in [0.2, 0.25) is 0 Å². The lowest BCUT2D eigenvalue weighted by Crippen LogP contribution is -2.09. The van der Waals surface area contributed by atoms with E-state index in [9.17, 15) is 0 Å². The lowest BCUT2D eigenvalue weighted by Gasteiger charge is -1.95. The summed E-state index contributed by atoms with van der Waals surface area (Å²) in [5.41, 5.74) is 4.27. The first kappa shape index (κ1) is 16.1. The van der Waals surface area contributed by atoms with Crippen molar-refractivity contribution in [2.75, 3.05) is 7.11 Å². The van der Waals surface area contributed by atoms with E-state index >= 15 is 0 Å². The standard InChI is InChI=1S/C22H21N3O/c1-26-22-15-20(19-8-5-13-23-19)25-21(22)14-18-12-11-17(24-18)10-9-16-6-3-2-4-7-16/h2-8,10-15,23-25H,9H2,1H3. The molecule has 0 aliphatic carbocycles. The second-order valence-electron chi connectivity index (χ2n) is 6.16. The van der Waals surface area contributed by atoms with Crippen LogP contribution in [0.5, 0.6) is 5.75 Å². The number of aromatic amines is 3. The molecule has 26 heavy (non-hydrogen) atoms. The second kappa shape index (κ2) is 7.23. The summed E-state index contributed by atoms with van der Waals surface area (Å²) >= 11 is 0. The van der Waals surface area contributed by atoms with E-state index in [0.717, 1.165) is 40.0 Å². The molecule has 1 aromatic carbocycles. The number of methoxy groups -OCH3 is 1. The van der Waals surface area contributed by atoms with Gasteiger partial charge in [-0.3, -0.25) is 0 Å². The average Bonchev–Trinajstić information content (AvgIpc) is 3.42. The van der Waals surface area contributed by atoms with Crippen molar-refractivity contribution in [3.05, 3.63) is 88.8 Å². The number of H-pyrrole nitrogens is 3. The third-order valence-electron chi connectivity index (χ3n) is 4.35. The maximum Gasteiger partial charge on any atom is 0.144 e. The van der Waals surface area contributed by atoms with Crippen molar-refractivity contribution in [2.45, 2.75) is 6.42 Å². The molecule has 4 nitrogen and oxygen atoms in total. The highest BCUT2D eigenvalue weighted by molar-refractivity contribution is 5.65. The predicted octanol–water partition coefficient (Wildman–Crippen LogP) is 3.20. The van der Waals surface area contributed by atoms with E-state index in [2.05, 4.69) is 63.5 Å². The van der Waals surface area contributed by atoms with E-state index < -0.39 is 0 Å². The van der Waals surface area contributed by atoms with E-state index in [1.807, 2.05) is 30.5 Å². The zero-order chi connectivity index (χ0) is 17.8. The topological polar surface area (TPSA) is 56.6 Å². The van der Waals surface area contributed by atoms with Gasteiger partial charge in [0, 0.05) is 23.0 Å². The largest absolute Gasteiger partial charge is 0.494 e. The van der Waals surface area contributed by atoms with Gasteiger partial charge in [-0.15, -0.1) is 0 Å². The van der Waals surface area contributed by atoms with Gasteiger partial charge in [-0.1, -0.05) is 36.4 Å². The molecule has 3 aromatic heterocycles. The lowest BCUT2D eigenvalue weighted by atomic mass is 10.1. The number of hydrogen-bond donors (Lipinski definition) is 3. The molecule has 0 fully saturated rings. The number of hydrogen-bond acceptors (Lipinski definition) is 1. The normalized spacial score (nSPS) is 12.7. The molecule has 130 valence electrons. The Kier molecular flexibility index (Phi) is 4.48. The molecule has 0 radical (unpaired) electrons. The minimum atomic E-state index is 0.819. The van der Waals surface area contributed by atoms with Gasteiger partial charge in [0.2, 0.25) is 0 Å². The van der Waals surface area contributed by atoms with Gasteiger partial charge in [0.05, 0.1) is 24.2 Å². The van der Waals surface area contributed by atoms with Crippen LogP contribution in [0.25, 0.3) is 23.5 Å². The molecule has 0 amide bonds. The highest BCUT2D eigenvalue weighted by Gasteiger charge is 2.08. The monoisotopic (exact) mass is 343 g/mol. The predicted molar refractivity (Wildman–Crippen MR) is 105 cm³/mol. The van der Waals surface area contributed by atoms with Gasteiger partial charge in [0.1, 0.15) is 5.75 Å². The quantitative estimate of drug-likeness (QED) is 0.512. The Morgan fingerprint density at radius 3 is 2.50 bits per heavy atom.